The SMILES string of the molecule is CCNC(=NCCCCN1CCN(CC)CC1)N1CCSC(CC)C1.I. The van der Waals surface area contributed by atoms with Gasteiger partial charge >= 0.3 is 0 Å². The lowest BCUT2D eigenvalue weighted by Gasteiger charge is -2.34. The van der Waals surface area contributed by atoms with Crippen LogP contribution < -0.4 is 5.32 Å². The molecule has 0 aromatic rings. The molecule has 1 N–H and O–H groups in total. The van der Waals surface area contributed by atoms with Gasteiger partial charge in [0.25, 0.3) is 0 Å². The topological polar surface area (TPSA) is 34.1 Å². The molecule has 0 aliphatic carbocycles. The minimum atomic E-state index is 0. The second-order valence-electron chi connectivity index (χ2n) is 7.07. The van der Waals surface area contributed by atoms with E-state index in [4.69, 9.17) is 4.99 Å². The highest BCUT2D eigenvalue weighted by Crippen LogP contribution is 2.21. The summed E-state index contributed by atoms with van der Waals surface area (Å²) in [5.74, 6) is 2.37. The first-order valence-corrected chi connectivity index (χ1v) is 11.4. The van der Waals surface area contributed by atoms with Crippen LogP contribution in [0.25, 0.3) is 0 Å². The predicted octanol–water partition coefficient (Wildman–Crippen LogP) is 2.82. The maximum absolute atomic E-state index is 4.91. The third-order valence-electron chi connectivity index (χ3n) is 5.28. The van der Waals surface area contributed by atoms with Gasteiger partial charge in [-0.15, -0.1) is 24.0 Å². The van der Waals surface area contributed by atoms with Crippen molar-refractivity contribution in [1.82, 2.24) is 20.0 Å². The molecule has 0 bridgehead atoms. The van der Waals surface area contributed by atoms with E-state index >= 15 is 0 Å². The van der Waals surface area contributed by atoms with Gasteiger partial charge in [-0.2, -0.15) is 11.8 Å². The molecule has 154 valence electrons. The van der Waals surface area contributed by atoms with Crippen molar-refractivity contribution in [3.05, 3.63) is 0 Å². The molecule has 26 heavy (non-hydrogen) atoms. The molecule has 2 heterocycles. The van der Waals surface area contributed by atoms with Gasteiger partial charge < -0.3 is 20.0 Å². The third-order valence-corrected chi connectivity index (χ3v) is 6.66. The quantitative estimate of drug-likeness (QED) is 0.242. The molecule has 2 aliphatic rings. The molecule has 0 aromatic carbocycles. The molecular weight excluding hydrogens is 457 g/mol. The number of hydrogen-bond acceptors (Lipinski definition) is 4. The zero-order valence-corrected chi connectivity index (χ0v) is 20.2. The number of nitrogens with one attached hydrogen (secondary N) is 1. The Balaban J connectivity index is 0.00000338. The van der Waals surface area contributed by atoms with Crippen LogP contribution in [0, 0.1) is 0 Å². The van der Waals surface area contributed by atoms with E-state index in [0.717, 1.165) is 37.4 Å². The number of piperazine rings is 1. The summed E-state index contributed by atoms with van der Waals surface area (Å²) < 4.78 is 0. The van der Waals surface area contributed by atoms with Crippen molar-refractivity contribution in [3.63, 3.8) is 0 Å². The van der Waals surface area contributed by atoms with Crippen LogP contribution in [0.15, 0.2) is 4.99 Å². The number of rotatable bonds is 8. The lowest BCUT2D eigenvalue weighted by atomic mass is 10.2. The normalized spacial score (nSPS) is 23.0. The summed E-state index contributed by atoms with van der Waals surface area (Å²) in [6.45, 7) is 18.3. The summed E-state index contributed by atoms with van der Waals surface area (Å²) in [4.78, 5) is 12.5. The van der Waals surface area contributed by atoms with Crippen LogP contribution in [0.3, 0.4) is 0 Å². The number of likely N-dealkylation sites (N-methyl/N-ethyl adjacent to an activating group) is 1. The Morgan fingerprint density at radius 2 is 1.77 bits per heavy atom. The Hall–Kier alpha value is 0.270. The van der Waals surface area contributed by atoms with Crippen LogP contribution in [0.5, 0.6) is 0 Å². The highest BCUT2D eigenvalue weighted by atomic mass is 127. The monoisotopic (exact) mass is 497 g/mol. The first-order chi connectivity index (χ1) is 12.3. The Kier molecular flexibility index (Phi) is 13.4. The van der Waals surface area contributed by atoms with E-state index in [1.54, 1.807) is 0 Å². The highest BCUT2D eigenvalue weighted by Gasteiger charge is 2.21. The number of nitrogens with zero attached hydrogens (tertiary/aromatic N) is 4. The van der Waals surface area contributed by atoms with Gasteiger partial charge in [0, 0.05) is 63.4 Å². The lowest BCUT2D eigenvalue weighted by molar-refractivity contribution is 0.136. The van der Waals surface area contributed by atoms with Gasteiger partial charge in [-0.05, 0) is 39.3 Å². The molecule has 7 heteroatoms. The predicted molar refractivity (Wildman–Crippen MR) is 127 cm³/mol. The van der Waals surface area contributed by atoms with Gasteiger partial charge in [0.05, 0.1) is 0 Å². The van der Waals surface area contributed by atoms with Crippen LogP contribution in [0.1, 0.15) is 40.0 Å². The molecule has 2 saturated heterocycles. The average molecular weight is 498 g/mol. The van der Waals surface area contributed by atoms with Crippen molar-refractivity contribution < 1.29 is 0 Å². The van der Waals surface area contributed by atoms with Crippen molar-refractivity contribution >= 4 is 41.7 Å². The Morgan fingerprint density at radius 3 is 2.42 bits per heavy atom. The van der Waals surface area contributed by atoms with Crippen molar-refractivity contribution in [1.29, 1.82) is 0 Å². The molecule has 2 fully saturated rings. The number of halogens is 1. The summed E-state index contributed by atoms with van der Waals surface area (Å²) >= 11 is 2.12. The molecule has 0 amide bonds. The smallest absolute Gasteiger partial charge is 0.193 e. The van der Waals surface area contributed by atoms with E-state index in [0.29, 0.717) is 0 Å². The molecule has 0 radical (unpaired) electrons. The molecule has 0 aromatic heterocycles. The van der Waals surface area contributed by atoms with Gasteiger partial charge in [-0.3, -0.25) is 4.99 Å². The van der Waals surface area contributed by atoms with Gasteiger partial charge in [0.2, 0.25) is 0 Å². The maximum Gasteiger partial charge on any atom is 0.193 e. The molecular formula is C19H40IN5S. The van der Waals surface area contributed by atoms with E-state index in [-0.39, 0.29) is 24.0 Å². The fraction of sp³-hybridized carbons (Fsp3) is 0.947. The van der Waals surface area contributed by atoms with Gasteiger partial charge in [0.1, 0.15) is 0 Å². The maximum atomic E-state index is 4.91. The lowest BCUT2D eigenvalue weighted by Crippen LogP contribution is -2.48. The van der Waals surface area contributed by atoms with Crippen LogP contribution in [-0.2, 0) is 0 Å². The Bertz CT molecular complexity index is 388. The standard InChI is InChI=1S/C19H39N5S.HI/c1-4-18-17-24(15-16-25-18)19(20-5-2)21-9-7-8-10-23-13-11-22(6-3)12-14-23;/h18H,4-17H2,1-3H3,(H,20,21);1H. The van der Waals surface area contributed by atoms with Crippen molar-refractivity contribution in [2.75, 3.05) is 71.2 Å². The fourth-order valence-corrected chi connectivity index (χ4v) is 4.73. The fourth-order valence-electron chi connectivity index (χ4n) is 3.55. The van der Waals surface area contributed by atoms with Crippen molar-refractivity contribution in [2.45, 2.75) is 45.3 Å². The molecule has 0 spiro atoms. The Morgan fingerprint density at radius 1 is 1.04 bits per heavy atom. The van der Waals surface area contributed by atoms with Crippen LogP contribution in [-0.4, -0.2) is 97.1 Å². The molecule has 1 unspecified atom stereocenters. The molecule has 0 saturated carbocycles. The number of hydrogen-bond donors (Lipinski definition) is 1. The van der Waals surface area contributed by atoms with Gasteiger partial charge in [-0.25, -0.2) is 0 Å². The highest BCUT2D eigenvalue weighted by molar-refractivity contribution is 14.0. The second-order valence-corrected chi connectivity index (χ2v) is 8.47. The number of unbranched alkanes of at least 4 members (excludes halogenated alkanes) is 1. The minimum absolute atomic E-state index is 0. The van der Waals surface area contributed by atoms with E-state index in [1.807, 2.05) is 0 Å². The molecule has 5 nitrogen and oxygen atoms in total. The van der Waals surface area contributed by atoms with Gasteiger partial charge in [-0.1, -0.05) is 13.8 Å². The number of thioether (sulfide) groups is 1. The third kappa shape index (κ3) is 8.52. The van der Waals surface area contributed by atoms with Crippen LogP contribution in [0.2, 0.25) is 0 Å². The summed E-state index contributed by atoms with van der Waals surface area (Å²) in [6.07, 6.45) is 3.72. The van der Waals surface area contributed by atoms with Gasteiger partial charge in [0.15, 0.2) is 5.96 Å². The summed E-state index contributed by atoms with van der Waals surface area (Å²) in [5, 5.41) is 4.26. The summed E-state index contributed by atoms with van der Waals surface area (Å²) in [5.41, 5.74) is 0. The van der Waals surface area contributed by atoms with Crippen LogP contribution in [0.4, 0.5) is 0 Å². The molecule has 2 aliphatic heterocycles. The zero-order chi connectivity index (χ0) is 17.9. The largest absolute Gasteiger partial charge is 0.357 e. The zero-order valence-electron chi connectivity index (χ0n) is 17.1. The first kappa shape index (κ1) is 24.3. The first-order valence-electron chi connectivity index (χ1n) is 10.4. The summed E-state index contributed by atoms with van der Waals surface area (Å²) in [6, 6.07) is 0. The Labute approximate surface area is 182 Å². The minimum Gasteiger partial charge on any atom is -0.357 e. The molecule has 2 rings (SSSR count). The van der Waals surface area contributed by atoms with E-state index < -0.39 is 0 Å². The van der Waals surface area contributed by atoms with Crippen molar-refractivity contribution in [2.24, 2.45) is 4.99 Å². The van der Waals surface area contributed by atoms with Crippen molar-refractivity contribution in [3.8, 4) is 0 Å². The average Bonchev–Trinajstić information content (AvgIpc) is 2.67. The van der Waals surface area contributed by atoms with Crippen LogP contribution >= 0.6 is 35.7 Å². The van der Waals surface area contributed by atoms with E-state index in [1.165, 1.54) is 64.3 Å². The molecule has 1 atom stereocenters. The summed E-state index contributed by atoms with van der Waals surface area (Å²) in [7, 11) is 0. The number of aliphatic imine (C=N–C) groups is 1. The number of guanidine groups is 1. The van der Waals surface area contributed by atoms with E-state index in [2.05, 4.69) is 52.5 Å². The second kappa shape index (κ2) is 14.3. The van der Waals surface area contributed by atoms with E-state index in [9.17, 15) is 0 Å².